The minimum Gasteiger partial charge on any atom is -0.506 e. The van der Waals surface area contributed by atoms with Crippen molar-refractivity contribution < 1.29 is 5.11 Å². The summed E-state index contributed by atoms with van der Waals surface area (Å²) in [7, 11) is 0. The first-order valence-corrected chi connectivity index (χ1v) is 2.60. The molecule has 8 heavy (non-hydrogen) atoms. The topological polar surface area (TPSA) is 32.3 Å². The minimum absolute atomic E-state index is 0.344. The molecule has 44 valence electrons. The molecule has 1 heterocycles. The molecule has 2 heteroatoms. The van der Waals surface area contributed by atoms with E-state index in [4.69, 9.17) is 5.11 Å². The molecule has 0 aromatic carbocycles. The largest absolute Gasteiger partial charge is 0.506 e. The lowest BCUT2D eigenvalue weighted by Gasteiger charge is -2.06. The maximum atomic E-state index is 8.91. The molecule has 1 rings (SSSR count). The van der Waals surface area contributed by atoms with E-state index in [-0.39, 0.29) is 0 Å². The first-order chi connectivity index (χ1) is 3.80. The number of dihydropyridines is 1. The van der Waals surface area contributed by atoms with E-state index in [1.54, 1.807) is 6.20 Å². The molecule has 1 aliphatic heterocycles. The predicted molar refractivity (Wildman–Crippen MR) is 32.5 cm³/mol. The van der Waals surface area contributed by atoms with Gasteiger partial charge in [0.05, 0.1) is 0 Å². The number of rotatable bonds is 0. The lowest BCUT2D eigenvalue weighted by molar-refractivity contribution is 0.415. The predicted octanol–water partition coefficient (Wildman–Crippen LogP) is 0.935. The van der Waals surface area contributed by atoms with Crippen LogP contribution in [-0.4, -0.2) is 11.7 Å². The van der Waals surface area contributed by atoms with Gasteiger partial charge < -0.3 is 10.4 Å². The number of nitrogens with one attached hydrogen (secondary N) is 1. The van der Waals surface area contributed by atoms with E-state index in [0.29, 0.717) is 5.76 Å². The van der Waals surface area contributed by atoms with Crippen LogP contribution < -0.4 is 5.32 Å². The van der Waals surface area contributed by atoms with Gasteiger partial charge in [-0.3, -0.25) is 0 Å². The van der Waals surface area contributed by atoms with Gasteiger partial charge in [0.2, 0.25) is 0 Å². The van der Waals surface area contributed by atoms with Gasteiger partial charge in [-0.05, 0) is 12.5 Å². The Morgan fingerprint density at radius 2 is 2.50 bits per heavy atom. The Labute approximate surface area is 48.5 Å². The van der Waals surface area contributed by atoms with E-state index in [9.17, 15) is 0 Å². The fourth-order valence-corrected chi connectivity index (χ4v) is 0.586. The molecule has 0 fully saturated rings. The van der Waals surface area contributed by atoms with E-state index in [0.717, 1.165) is 12.1 Å². The summed E-state index contributed by atoms with van der Waals surface area (Å²) in [5.74, 6) is 0.344. The van der Waals surface area contributed by atoms with Crippen LogP contribution in [0.1, 0.15) is 6.92 Å². The van der Waals surface area contributed by atoms with Gasteiger partial charge in [0.1, 0.15) is 5.76 Å². The Kier molecular flexibility index (Phi) is 1.24. The summed E-state index contributed by atoms with van der Waals surface area (Å²) in [6.45, 7) is 2.71. The summed E-state index contributed by atoms with van der Waals surface area (Å²) in [6, 6.07) is 0. The molecule has 0 saturated carbocycles. The van der Waals surface area contributed by atoms with Crippen molar-refractivity contribution in [3.63, 3.8) is 0 Å². The first-order valence-electron chi connectivity index (χ1n) is 2.60. The monoisotopic (exact) mass is 111 g/mol. The number of aliphatic hydroxyl groups is 1. The minimum atomic E-state index is 0.344. The van der Waals surface area contributed by atoms with Crippen LogP contribution in [0.25, 0.3) is 0 Å². The fourth-order valence-electron chi connectivity index (χ4n) is 0.586. The molecular weight excluding hydrogens is 102 g/mol. The average Bonchev–Trinajstić information content (AvgIpc) is 1.77. The molecule has 0 aromatic rings. The normalized spacial score (nSPS) is 18.6. The summed E-state index contributed by atoms with van der Waals surface area (Å²) < 4.78 is 0. The SMILES string of the molecule is CC1=CCNC=C1O. The molecule has 0 radical (unpaired) electrons. The quantitative estimate of drug-likeness (QED) is 0.487. The average molecular weight is 111 g/mol. The van der Waals surface area contributed by atoms with E-state index < -0.39 is 0 Å². The highest BCUT2D eigenvalue weighted by molar-refractivity contribution is 5.25. The molecule has 2 nitrogen and oxygen atoms in total. The lowest BCUT2D eigenvalue weighted by Crippen LogP contribution is -2.11. The summed E-state index contributed by atoms with van der Waals surface area (Å²) in [4.78, 5) is 0. The Morgan fingerprint density at radius 1 is 1.75 bits per heavy atom. The van der Waals surface area contributed by atoms with Crippen molar-refractivity contribution in [3.8, 4) is 0 Å². The van der Waals surface area contributed by atoms with Crippen LogP contribution in [0, 0.1) is 0 Å². The molecule has 0 atom stereocenters. The van der Waals surface area contributed by atoms with Gasteiger partial charge in [0.25, 0.3) is 0 Å². The second-order valence-corrected chi connectivity index (χ2v) is 1.82. The van der Waals surface area contributed by atoms with Crippen molar-refractivity contribution in [2.75, 3.05) is 6.54 Å². The zero-order valence-electron chi connectivity index (χ0n) is 4.81. The van der Waals surface area contributed by atoms with Gasteiger partial charge >= 0.3 is 0 Å². The Balaban J connectivity index is 2.73. The van der Waals surface area contributed by atoms with Gasteiger partial charge in [-0.25, -0.2) is 0 Å². The zero-order valence-corrected chi connectivity index (χ0v) is 4.81. The molecule has 1 aliphatic rings. The van der Waals surface area contributed by atoms with Crippen molar-refractivity contribution in [1.82, 2.24) is 5.32 Å². The van der Waals surface area contributed by atoms with Crippen LogP contribution in [-0.2, 0) is 0 Å². The molecular formula is C6H9NO. The van der Waals surface area contributed by atoms with Crippen molar-refractivity contribution in [2.24, 2.45) is 0 Å². The van der Waals surface area contributed by atoms with Crippen LogP contribution in [0.4, 0.5) is 0 Å². The van der Waals surface area contributed by atoms with Crippen molar-refractivity contribution in [1.29, 1.82) is 0 Å². The zero-order chi connectivity index (χ0) is 5.98. The van der Waals surface area contributed by atoms with Crippen LogP contribution in [0.5, 0.6) is 0 Å². The molecule has 0 spiro atoms. The number of aliphatic hydroxyl groups excluding tert-OH is 1. The Hall–Kier alpha value is -0.920. The first kappa shape index (κ1) is 5.22. The summed E-state index contributed by atoms with van der Waals surface area (Å²) >= 11 is 0. The number of allylic oxidation sites excluding steroid dienone is 1. The maximum absolute atomic E-state index is 8.91. The summed E-state index contributed by atoms with van der Waals surface area (Å²) in [5.41, 5.74) is 0.948. The third-order valence-electron chi connectivity index (χ3n) is 1.17. The molecule has 0 saturated heterocycles. The second kappa shape index (κ2) is 1.90. The van der Waals surface area contributed by atoms with Crippen LogP contribution in [0.15, 0.2) is 23.6 Å². The van der Waals surface area contributed by atoms with Crippen molar-refractivity contribution in [3.05, 3.63) is 23.6 Å². The number of hydrogen-bond donors (Lipinski definition) is 2. The Morgan fingerprint density at radius 3 is 2.88 bits per heavy atom. The van der Waals surface area contributed by atoms with E-state index in [1.165, 1.54) is 0 Å². The fraction of sp³-hybridized carbons (Fsp3) is 0.333. The van der Waals surface area contributed by atoms with E-state index in [2.05, 4.69) is 5.32 Å². The molecule has 0 amide bonds. The maximum Gasteiger partial charge on any atom is 0.133 e. The second-order valence-electron chi connectivity index (χ2n) is 1.82. The van der Waals surface area contributed by atoms with Gasteiger partial charge in [-0.1, -0.05) is 6.08 Å². The Bertz CT molecular complexity index is 129. The highest BCUT2D eigenvalue weighted by Crippen LogP contribution is 2.05. The van der Waals surface area contributed by atoms with E-state index in [1.807, 2.05) is 13.0 Å². The molecule has 0 aromatic heterocycles. The standard InChI is InChI=1S/C6H9NO/c1-5-2-3-7-4-6(5)8/h2,4,7-8H,3H2,1H3. The highest BCUT2D eigenvalue weighted by Gasteiger charge is 1.97. The molecule has 2 N–H and O–H groups in total. The molecule has 0 bridgehead atoms. The van der Waals surface area contributed by atoms with Crippen molar-refractivity contribution in [2.45, 2.75) is 6.92 Å². The molecule has 0 unspecified atom stereocenters. The van der Waals surface area contributed by atoms with Gasteiger partial charge in [0, 0.05) is 12.7 Å². The number of hydrogen-bond acceptors (Lipinski definition) is 2. The van der Waals surface area contributed by atoms with Crippen LogP contribution in [0.3, 0.4) is 0 Å². The molecule has 0 aliphatic carbocycles. The van der Waals surface area contributed by atoms with Crippen LogP contribution >= 0.6 is 0 Å². The van der Waals surface area contributed by atoms with Crippen molar-refractivity contribution >= 4 is 0 Å². The third kappa shape index (κ3) is 0.832. The lowest BCUT2D eigenvalue weighted by atomic mass is 10.2. The van der Waals surface area contributed by atoms with E-state index >= 15 is 0 Å². The summed E-state index contributed by atoms with van der Waals surface area (Å²) in [5, 5.41) is 11.8. The third-order valence-corrected chi connectivity index (χ3v) is 1.17. The van der Waals surface area contributed by atoms with Gasteiger partial charge in [0.15, 0.2) is 0 Å². The smallest absolute Gasteiger partial charge is 0.133 e. The van der Waals surface area contributed by atoms with Gasteiger partial charge in [-0.15, -0.1) is 0 Å². The highest BCUT2D eigenvalue weighted by atomic mass is 16.3. The van der Waals surface area contributed by atoms with Crippen LogP contribution in [0.2, 0.25) is 0 Å². The van der Waals surface area contributed by atoms with Gasteiger partial charge in [-0.2, -0.15) is 0 Å². The summed E-state index contributed by atoms with van der Waals surface area (Å²) in [6.07, 6.45) is 3.55.